The van der Waals surface area contributed by atoms with Crippen LogP contribution in [-0.4, -0.2) is 11.6 Å². The van der Waals surface area contributed by atoms with Crippen LogP contribution in [0.1, 0.15) is 5.56 Å². The van der Waals surface area contributed by atoms with Crippen LogP contribution in [0.2, 0.25) is 0 Å². The van der Waals surface area contributed by atoms with Crippen LogP contribution in [-0.2, 0) is 9.09 Å². The van der Waals surface area contributed by atoms with Gasteiger partial charge in [-0.05, 0) is 0 Å². The van der Waals surface area contributed by atoms with Crippen LogP contribution in [0.5, 0.6) is 0 Å². The van der Waals surface area contributed by atoms with Crippen LogP contribution in [0.3, 0.4) is 0 Å². The molecule has 0 fully saturated rings. The van der Waals surface area contributed by atoms with E-state index in [1.165, 1.54) is 0 Å². The summed E-state index contributed by atoms with van der Waals surface area (Å²) in [6, 6.07) is 8.99. The Bertz CT molecular complexity index is 339. The normalized spacial score (nSPS) is 14.6. The number of benzene rings is 1. The van der Waals surface area contributed by atoms with Gasteiger partial charge in [-0.2, -0.15) is 0 Å². The molecule has 70 valence electrons. The molecule has 0 saturated heterocycles. The van der Waals surface area contributed by atoms with Crippen molar-refractivity contribution in [1.82, 2.24) is 0 Å². The topological polar surface area (TPSA) is 46.5 Å². The maximum atomic E-state index is 10.9. The molecule has 4 heteroatoms. The molecule has 3 nitrogen and oxygen atoms in total. The van der Waals surface area contributed by atoms with Crippen molar-refractivity contribution in [2.24, 2.45) is 0 Å². The van der Waals surface area contributed by atoms with E-state index in [0.29, 0.717) is 5.56 Å². The fraction of sp³-hybridized carbons (Fsp3) is 0.111. The van der Waals surface area contributed by atoms with Crippen molar-refractivity contribution in [2.75, 3.05) is 6.66 Å². The summed E-state index contributed by atoms with van der Waals surface area (Å²) < 4.78 is 15.6. The Morgan fingerprint density at radius 1 is 1.46 bits per heavy atom. The monoisotopic (exact) mass is 198 g/mol. The van der Waals surface area contributed by atoms with Crippen LogP contribution in [0, 0.1) is 0 Å². The first kappa shape index (κ1) is 10.0. The molecule has 0 heterocycles. The molecular formula is C9H11O3P. The highest BCUT2D eigenvalue weighted by molar-refractivity contribution is 7.52. The van der Waals surface area contributed by atoms with Crippen molar-refractivity contribution >= 4 is 13.4 Å². The summed E-state index contributed by atoms with van der Waals surface area (Å²) in [7, 11) is -3.49. The molecule has 0 bridgehead atoms. The summed E-state index contributed by atoms with van der Waals surface area (Å²) in [6.45, 7) is 4.68. The van der Waals surface area contributed by atoms with Gasteiger partial charge in [0.2, 0.25) is 0 Å². The van der Waals surface area contributed by atoms with Crippen LogP contribution < -0.4 is 0 Å². The van der Waals surface area contributed by atoms with E-state index in [-0.39, 0.29) is 5.76 Å². The van der Waals surface area contributed by atoms with E-state index in [9.17, 15) is 4.57 Å². The van der Waals surface area contributed by atoms with E-state index in [4.69, 9.17) is 9.42 Å². The SMILES string of the molecule is C=C(OP(C)(=O)O)c1ccccc1. The molecule has 1 aromatic rings. The lowest BCUT2D eigenvalue weighted by molar-refractivity contribution is 0.370. The van der Waals surface area contributed by atoms with Gasteiger partial charge in [0.15, 0.2) is 0 Å². The van der Waals surface area contributed by atoms with Gasteiger partial charge in [-0.1, -0.05) is 36.9 Å². The number of rotatable bonds is 3. The lowest BCUT2D eigenvalue weighted by atomic mass is 10.2. The molecule has 1 N–H and O–H groups in total. The lowest BCUT2D eigenvalue weighted by Gasteiger charge is -2.10. The molecule has 0 radical (unpaired) electrons. The van der Waals surface area contributed by atoms with Crippen LogP contribution in [0.25, 0.3) is 5.76 Å². The summed E-state index contributed by atoms with van der Waals surface area (Å²) in [4.78, 5) is 8.92. The summed E-state index contributed by atoms with van der Waals surface area (Å²) in [5.74, 6) is 0.217. The van der Waals surface area contributed by atoms with E-state index in [0.717, 1.165) is 6.66 Å². The van der Waals surface area contributed by atoms with Crippen molar-refractivity contribution in [2.45, 2.75) is 0 Å². The minimum atomic E-state index is -3.49. The third kappa shape index (κ3) is 3.45. The highest BCUT2D eigenvalue weighted by atomic mass is 31.2. The number of hydrogen-bond acceptors (Lipinski definition) is 2. The Balaban J connectivity index is 2.76. The average molecular weight is 198 g/mol. The highest BCUT2D eigenvalue weighted by Gasteiger charge is 2.13. The summed E-state index contributed by atoms with van der Waals surface area (Å²) in [6.07, 6.45) is 0. The zero-order valence-electron chi connectivity index (χ0n) is 7.30. The smallest absolute Gasteiger partial charge is 0.373 e. The summed E-state index contributed by atoms with van der Waals surface area (Å²) >= 11 is 0. The molecule has 0 aliphatic heterocycles. The van der Waals surface area contributed by atoms with E-state index >= 15 is 0 Å². The maximum Gasteiger partial charge on any atom is 0.373 e. The minimum absolute atomic E-state index is 0.217. The van der Waals surface area contributed by atoms with Crippen LogP contribution in [0.4, 0.5) is 0 Å². The van der Waals surface area contributed by atoms with Gasteiger partial charge in [-0.15, -0.1) is 0 Å². The van der Waals surface area contributed by atoms with Gasteiger partial charge in [0, 0.05) is 12.2 Å². The molecule has 0 aromatic heterocycles. The molecule has 0 spiro atoms. The zero-order valence-corrected chi connectivity index (χ0v) is 8.20. The fourth-order valence-electron chi connectivity index (χ4n) is 0.881. The van der Waals surface area contributed by atoms with E-state index in [2.05, 4.69) is 6.58 Å². The molecule has 0 saturated carbocycles. The second kappa shape index (κ2) is 3.77. The van der Waals surface area contributed by atoms with Crippen molar-refractivity contribution < 1.29 is 14.0 Å². The molecule has 1 atom stereocenters. The third-order valence-electron chi connectivity index (χ3n) is 1.38. The Labute approximate surface area is 77.2 Å². The first-order chi connectivity index (χ1) is 5.99. The quantitative estimate of drug-likeness (QED) is 0.599. The second-order valence-electron chi connectivity index (χ2n) is 2.68. The van der Waals surface area contributed by atoms with Gasteiger partial charge >= 0.3 is 7.60 Å². The lowest BCUT2D eigenvalue weighted by Crippen LogP contribution is -1.87. The Morgan fingerprint density at radius 3 is 2.46 bits per heavy atom. The van der Waals surface area contributed by atoms with Gasteiger partial charge in [0.25, 0.3) is 0 Å². The molecule has 1 unspecified atom stereocenters. The maximum absolute atomic E-state index is 10.9. The fourth-order valence-corrected chi connectivity index (χ4v) is 1.40. The van der Waals surface area contributed by atoms with Gasteiger partial charge in [-0.25, -0.2) is 4.57 Å². The molecular weight excluding hydrogens is 187 g/mol. The summed E-state index contributed by atoms with van der Waals surface area (Å²) in [5.41, 5.74) is 0.707. The van der Waals surface area contributed by atoms with Crippen LogP contribution >= 0.6 is 7.60 Å². The van der Waals surface area contributed by atoms with E-state index in [1.807, 2.05) is 18.2 Å². The standard InChI is InChI=1S/C9H11O3P/c1-8(12-13(2,10)11)9-6-4-3-5-7-9/h3-7H,1H2,2H3,(H,10,11). The van der Waals surface area contributed by atoms with Crippen molar-refractivity contribution in [3.05, 3.63) is 42.5 Å². The minimum Gasteiger partial charge on any atom is -0.425 e. The second-order valence-corrected chi connectivity index (χ2v) is 4.47. The van der Waals surface area contributed by atoms with E-state index < -0.39 is 7.60 Å². The first-order valence-electron chi connectivity index (χ1n) is 3.73. The van der Waals surface area contributed by atoms with Crippen LogP contribution in [0.15, 0.2) is 36.9 Å². The van der Waals surface area contributed by atoms with Gasteiger partial charge in [0.1, 0.15) is 5.76 Å². The molecule has 1 rings (SSSR count). The van der Waals surface area contributed by atoms with Gasteiger partial charge in [0.05, 0.1) is 0 Å². The molecule has 0 aliphatic rings. The van der Waals surface area contributed by atoms with Gasteiger partial charge in [-0.3, -0.25) is 0 Å². The Morgan fingerprint density at radius 2 is 2.00 bits per heavy atom. The highest BCUT2D eigenvalue weighted by Crippen LogP contribution is 2.41. The molecule has 13 heavy (non-hydrogen) atoms. The molecule has 0 aliphatic carbocycles. The van der Waals surface area contributed by atoms with Gasteiger partial charge < -0.3 is 9.42 Å². The predicted molar refractivity (Wildman–Crippen MR) is 52.3 cm³/mol. The van der Waals surface area contributed by atoms with Crippen molar-refractivity contribution in [3.63, 3.8) is 0 Å². The Kier molecular flexibility index (Phi) is 2.91. The van der Waals surface area contributed by atoms with E-state index in [1.54, 1.807) is 12.1 Å². The zero-order chi connectivity index (χ0) is 9.90. The molecule has 0 amide bonds. The predicted octanol–water partition coefficient (Wildman–Crippen LogP) is 2.49. The average Bonchev–Trinajstić information content (AvgIpc) is 2.03. The third-order valence-corrected chi connectivity index (χ3v) is 1.93. The first-order valence-corrected chi connectivity index (χ1v) is 5.76. The number of hydrogen-bond donors (Lipinski definition) is 1. The van der Waals surface area contributed by atoms with Crippen molar-refractivity contribution in [3.8, 4) is 0 Å². The molecule has 1 aromatic carbocycles. The largest absolute Gasteiger partial charge is 0.425 e. The Hall–Kier alpha value is -1.05. The summed E-state index contributed by atoms with van der Waals surface area (Å²) in [5, 5.41) is 0. The van der Waals surface area contributed by atoms with Crippen molar-refractivity contribution in [1.29, 1.82) is 0 Å².